The Balaban J connectivity index is 2.34. The molecule has 1 atom stereocenters. The van der Waals surface area contributed by atoms with E-state index in [1.165, 1.54) is 12.1 Å². The van der Waals surface area contributed by atoms with E-state index in [4.69, 9.17) is 0 Å². The van der Waals surface area contributed by atoms with Crippen LogP contribution in [0.25, 0.3) is 0 Å². The predicted molar refractivity (Wildman–Crippen MR) is 57.6 cm³/mol. The van der Waals surface area contributed by atoms with E-state index in [1.807, 2.05) is 0 Å². The van der Waals surface area contributed by atoms with Gasteiger partial charge < -0.3 is 5.32 Å². The summed E-state index contributed by atoms with van der Waals surface area (Å²) in [5.41, 5.74) is 0.463. The van der Waals surface area contributed by atoms with E-state index in [-0.39, 0.29) is 11.7 Å². The molecule has 0 spiro atoms. The highest BCUT2D eigenvalue weighted by Crippen LogP contribution is 2.30. The maximum Gasteiger partial charge on any atom is 0.277 e. The van der Waals surface area contributed by atoms with Crippen molar-refractivity contribution in [1.29, 1.82) is 0 Å². The minimum atomic E-state index is -0.564. The quantitative estimate of drug-likeness (QED) is 0.620. The lowest BCUT2D eigenvalue weighted by atomic mass is 9.96. The first kappa shape index (κ1) is 11.0. The second-order valence-corrected chi connectivity index (χ2v) is 3.96. The van der Waals surface area contributed by atoms with E-state index < -0.39 is 10.7 Å². The molecular weight excluding hydrogens is 211 g/mol. The summed E-state index contributed by atoms with van der Waals surface area (Å²) in [6.07, 6.45) is 3.00. The van der Waals surface area contributed by atoms with Crippen LogP contribution < -0.4 is 5.32 Å². The SMILES string of the molecule is O=[N+]([O-])c1cc(F)ccc1[C@H]1CCCCN1. The highest BCUT2D eigenvalue weighted by Gasteiger charge is 2.23. The monoisotopic (exact) mass is 224 g/mol. The molecule has 0 saturated carbocycles. The number of nitro benzene ring substituents is 1. The van der Waals surface area contributed by atoms with Crippen LogP contribution in [0.15, 0.2) is 18.2 Å². The molecule has 1 heterocycles. The summed E-state index contributed by atoms with van der Waals surface area (Å²) in [7, 11) is 0. The van der Waals surface area contributed by atoms with E-state index >= 15 is 0 Å². The minimum absolute atomic E-state index is 0.0188. The zero-order valence-electron chi connectivity index (χ0n) is 8.78. The summed E-state index contributed by atoms with van der Waals surface area (Å²) >= 11 is 0. The normalized spacial score (nSPS) is 20.7. The molecule has 4 nitrogen and oxygen atoms in total. The van der Waals surface area contributed by atoms with Crippen LogP contribution >= 0.6 is 0 Å². The number of nitrogens with one attached hydrogen (secondary N) is 1. The highest BCUT2D eigenvalue weighted by atomic mass is 19.1. The maximum atomic E-state index is 12.9. The van der Waals surface area contributed by atoms with E-state index in [0.717, 1.165) is 31.9 Å². The molecule has 86 valence electrons. The smallest absolute Gasteiger partial charge is 0.277 e. The molecule has 1 aromatic rings. The van der Waals surface area contributed by atoms with Crippen molar-refractivity contribution in [2.24, 2.45) is 0 Å². The molecule has 5 heteroatoms. The number of nitro groups is 1. The average Bonchev–Trinajstić information content (AvgIpc) is 2.30. The van der Waals surface area contributed by atoms with Crippen molar-refractivity contribution in [3.63, 3.8) is 0 Å². The Labute approximate surface area is 92.6 Å². The van der Waals surface area contributed by atoms with E-state index in [1.54, 1.807) is 0 Å². The van der Waals surface area contributed by atoms with Gasteiger partial charge in [0.05, 0.1) is 11.0 Å². The van der Waals surface area contributed by atoms with Gasteiger partial charge in [0.2, 0.25) is 0 Å². The second-order valence-electron chi connectivity index (χ2n) is 3.96. The molecule has 1 N–H and O–H groups in total. The van der Waals surface area contributed by atoms with E-state index in [2.05, 4.69) is 5.32 Å². The minimum Gasteiger partial charge on any atom is -0.310 e. The third-order valence-electron chi connectivity index (χ3n) is 2.87. The number of piperidine rings is 1. The Bertz CT molecular complexity index is 403. The number of rotatable bonds is 2. The van der Waals surface area contributed by atoms with Crippen LogP contribution in [-0.2, 0) is 0 Å². The lowest BCUT2D eigenvalue weighted by Gasteiger charge is -2.23. The molecule has 0 aliphatic carbocycles. The molecule has 0 amide bonds. The van der Waals surface area contributed by atoms with Crippen LogP contribution in [0.5, 0.6) is 0 Å². The van der Waals surface area contributed by atoms with Crippen LogP contribution in [0.1, 0.15) is 30.9 Å². The third kappa shape index (κ3) is 2.19. The van der Waals surface area contributed by atoms with Gasteiger partial charge in [-0.1, -0.05) is 6.42 Å². The Kier molecular flexibility index (Phi) is 3.14. The zero-order chi connectivity index (χ0) is 11.5. The molecule has 2 rings (SSSR count). The molecular formula is C11H13FN2O2. The van der Waals surface area contributed by atoms with Crippen molar-refractivity contribution in [2.75, 3.05) is 6.54 Å². The van der Waals surface area contributed by atoms with Crippen molar-refractivity contribution in [3.05, 3.63) is 39.7 Å². The number of benzene rings is 1. The molecule has 1 aromatic carbocycles. The Morgan fingerprint density at radius 2 is 2.25 bits per heavy atom. The molecule has 1 fully saturated rings. The Hall–Kier alpha value is -1.49. The van der Waals surface area contributed by atoms with Crippen molar-refractivity contribution < 1.29 is 9.31 Å². The highest BCUT2D eigenvalue weighted by molar-refractivity contribution is 5.42. The number of hydrogen-bond donors (Lipinski definition) is 1. The Morgan fingerprint density at radius 3 is 2.88 bits per heavy atom. The van der Waals surface area contributed by atoms with Crippen LogP contribution in [0.2, 0.25) is 0 Å². The van der Waals surface area contributed by atoms with Gasteiger partial charge in [0, 0.05) is 11.6 Å². The van der Waals surface area contributed by atoms with Crippen molar-refractivity contribution in [2.45, 2.75) is 25.3 Å². The Morgan fingerprint density at radius 1 is 1.44 bits per heavy atom. The number of nitrogens with zero attached hydrogens (tertiary/aromatic N) is 1. The van der Waals surface area contributed by atoms with Crippen molar-refractivity contribution in [1.82, 2.24) is 5.32 Å². The van der Waals surface area contributed by atoms with Gasteiger partial charge in [-0.05, 0) is 31.5 Å². The van der Waals surface area contributed by atoms with Gasteiger partial charge in [-0.2, -0.15) is 0 Å². The van der Waals surface area contributed by atoms with Gasteiger partial charge in [0.15, 0.2) is 0 Å². The molecule has 0 radical (unpaired) electrons. The van der Waals surface area contributed by atoms with Crippen LogP contribution in [0.4, 0.5) is 10.1 Å². The summed E-state index contributed by atoms with van der Waals surface area (Å²) in [5, 5.41) is 14.1. The molecule has 0 bridgehead atoms. The molecule has 0 aromatic heterocycles. The fourth-order valence-electron chi connectivity index (χ4n) is 2.09. The molecule has 16 heavy (non-hydrogen) atoms. The van der Waals surface area contributed by atoms with Gasteiger partial charge in [-0.25, -0.2) is 4.39 Å². The summed E-state index contributed by atoms with van der Waals surface area (Å²) in [5.74, 6) is -0.564. The second kappa shape index (κ2) is 4.57. The summed E-state index contributed by atoms with van der Waals surface area (Å²) < 4.78 is 12.9. The van der Waals surface area contributed by atoms with E-state index in [9.17, 15) is 14.5 Å². The summed E-state index contributed by atoms with van der Waals surface area (Å²) in [6, 6.07) is 3.76. The van der Waals surface area contributed by atoms with Crippen molar-refractivity contribution >= 4 is 5.69 Å². The molecule has 0 unspecified atom stereocenters. The standard InChI is InChI=1S/C11H13FN2O2/c12-8-4-5-9(11(7-8)14(15)16)10-3-1-2-6-13-10/h4-5,7,10,13H,1-3,6H2/t10-/m1/s1. The average molecular weight is 224 g/mol. The van der Waals surface area contributed by atoms with Gasteiger partial charge >= 0.3 is 0 Å². The van der Waals surface area contributed by atoms with Gasteiger partial charge in [-0.15, -0.1) is 0 Å². The third-order valence-corrected chi connectivity index (χ3v) is 2.87. The fourth-order valence-corrected chi connectivity index (χ4v) is 2.09. The lowest BCUT2D eigenvalue weighted by molar-refractivity contribution is -0.386. The topological polar surface area (TPSA) is 55.2 Å². The summed E-state index contributed by atoms with van der Waals surface area (Å²) in [6.45, 7) is 0.860. The number of hydrogen-bond acceptors (Lipinski definition) is 3. The maximum absolute atomic E-state index is 12.9. The summed E-state index contributed by atoms with van der Waals surface area (Å²) in [4.78, 5) is 10.3. The zero-order valence-corrected chi connectivity index (χ0v) is 8.78. The predicted octanol–water partition coefficient (Wildman–Crippen LogP) is 2.55. The van der Waals surface area contributed by atoms with Crippen molar-refractivity contribution in [3.8, 4) is 0 Å². The van der Waals surface area contributed by atoms with Crippen LogP contribution in [-0.4, -0.2) is 11.5 Å². The van der Waals surface area contributed by atoms with Gasteiger partial charge in [0.1, 0.15) is 5.82 Å². The van der Waals surface area contributed by atoms with Gasteiger partial charge in [0.25, 0.3) is 5.69 Å². The number of halogens is 1. The fraction of sp³-hybridized carbons (Fsp3) is 0.455. The van der Waals surface area contributed by atoms with Crippen LogP contribution in [0, 0.1) is 15.9 Å². The largest absolute Gasteiger partial charge is 0.310 e. The molecule has 1 aliphatic heterocycles. The first-order chi connectivity index (χ1) is 7.68. The first-order valence-electron chi connectivity index (χ1n) is 5.35. The lowest BCUT2D eigenvalue weighted by Crippen LogP contribution is -2.27. The van der Waals surface area contributed by atoms with Crippen LogP contribution in [0.3, 0.4) is 0 Å². The van der Waals surface area contributed by atoms with E-state index in [0.29, 0.717) is 5.56 Å². The van der Waals surface area contributed by atoms with Gasteiger partial charge in [-0.3, -0.25) is 10.1 Å². The molecule has 1 aliphatic rings. The molecule has 1 saturated heterocycles. The first-order valence-corrected chi connectivity index (χ1v) is 5.35.